The fourth-order valence-electron chi connectivity index (χ4n) is 7.28. The summed E-state index contributed by atoms with van der Waals surface area (Å²) in [5.74, 6) is -1.40. The van der Waals surface area contributed by atoms with Crippen LogP contribution in [0.5, 0.6) is 0 Å². The fraction of sp³-hybridized carbons (Fsp3) is 0.167. The highest BCUT2D eigenvalue weighted by Crippen LogP contribution is 2.64. The number of rotatable bonds is 2. The average molecular weight is 595 g/mol. The summed E-state index contributed by atoms with van der Waals surface area (Å²) in [4.78, 5) is 0. The van der Waals surface area contributed by atoms with Crippen molar-refractivity contribution < 1.29 is 26.3 Å². The molecule has 0 radical (unpaired) electrons. The normalized spacial score (nSPS) is 23.3. The molecule has 5 aliphatic rings. The van der Waals surface area contributed by atoms with E-state index >= 15 is 0 Å². The zero-order valence-electron chi connectivity index (χ0n) is 22.8. The van der Waals surface area contributed by atoms with Crippen molar-refractivity contribution in [1.82, 2.24) is 0 Å². The number of nitriles is 2. The van der Waals surface area contributed by atoms with Gasteiger partial charge in [0.2, 0.25) is 0 Å². The molecule has 0 aliphatic heterocycles. The highest BCUT2D eigenvalue weighted by atomic mass is 19.4. The number of hydrogen-bond acceptors (Lipinski definition) is 2. The van der Waals surface area contributed by atoms with Crippen molar-refractivity contribution in [1.29, 1.82) is 10.5 Å². The third-order valence-corrected chi connectivity index (χ3v) is 9.00. The summed E-state index contributed by atoms with van der Waals surface area (Å²) in [5, 5.41) is 20.4. The predicted octanol–water partition coefficient (Wildman–Crippen LogP) is 9.48. The van der Waals surface area contributed by atoms with E-state index in [0.717, 1.165) is 57.7 Å². The summed E-state index contributed by atoms with van der Waals surface area (Å²) in [6.07, 6.45) is 5.59. The first-order valence-electron chi connectivity index (χ1n) is 13.9. The lowest BCUT2D eigenvalue weighted by Gasteiger charge is -2.43. The first-order chi connectivity index (χ1) is 21.0. The van der Waals surface area contributed by atoms with E-state index in [1.807, 2.05) is 42.5 Å². The molecule has 0 saturated heterocycles. The Morgan fingerprint density at radius 2 is 1.36 bits per heavy atom. The van der Waals surface area contributed by atoms with Gasteiger partial charge in [-0.25, -0.2) is 0 Å². The lowest BCUT2D eigenvalue weighted by molar-refractivity contribution is -0.138. The van der Waals surface area contributed by atoms with E-state index in [9.17, 15) is 36.9 Å². The van der Waals surface area contributed by atoms with Crippen LogP contribution in [0.1, 0.15) is 34.6 Å². The van der Waals surface area contributed by atoms with Crippen LogP contribution in [0.3, 0.4) is 0 Å². The molecule has 0 aromatic heterocycles. The molecule has 0 saturated carbocycles. The molecule has 2 aromatic carbocycles. The second-order valence-electron chi connectivity index (χ2n) is 11.2. The molecule has 8 heteroatoms. The van der Waals surface area contributed by atoms with Crippen LogP contribution in [0.4, 0.5) is 26.3 Å². The molecule has 0 N–H and O–H groups in total. The summed E-state index contributed by atoms with van der Waals surface area (Å²) in [7, 11) is 0. The SMILES string of the molecule is N#CC(C#N)=C1C(c2ccc(C(F)(F)F)cc2)=C2C3=CC=CC4=CC=C5CC=CC(=C5C43)C2C1c1ccc(C(F)(F)F)cc1. The van der Waals surface area contributed by atoms with E-state index < -0.39 is 35.3 Å². The van der Waals surface area contributed by atoms with E-state index in [-0.39, 0.29) is 11.5 Å². The summed E-state index contributed by atoms with van der Waals surface area (Å²) in [6, 6.07) is 13.3. The number of nitrogens with zero attached hydrogens (tertiary/aromatic N) is 2. The summed E-state index contributed by atoms with van der Waals surface area (Å²) >= 11 is 0. The van der Waals surface area contributed by atoms with Crippen LogP contribution in [0.25, 0.3) is 5.57 Å². The largest absolute Gasteiger partial charge is 0.416 e. The van der Waals surface area contributed by atoms with E-state index in [1.165, 1.54) is 24.3 Å². The van der Waals surface area contributed by atoms with Crippen LogP contribution < -0.4 is 0 Å². The molecular weight excluding hydrogens is 574 g/mol. The fourth-order valence-corrected chi connectivity index (χ4v) is 7.28. The first kappa shape index (κ1) is 27.7. The van der Waals surface area contributed by atoms with Crippen molar-refractivity contribution in [3.63, 3.8) is 0 Å². The number of alkyl halides is 6. The maximum absolute atomic E-state index is 13.5. The van der Waals surface area contributed by atoms with Crippen LogP contribution in [-0.4, -0.2) is 0 Å². The van der Waals surface area contributed by atoms with Gasteiger partial charge in [0.1, 0.15) is 17.7 Å². The van der Waals surface area contributed by atoms with Gasteiger partial charge in [0, 0.05) is 17.8 Å². The third-order valence-electron chi connectivity index (χ3n) is 9.00. The Morgan fingerprint density at radius 3 is 1.98 bits per heavy atom. The van der Waals surface area contributed by atoms with Crippen molar-refractivity contribution >= 4 is 5.57 Å². The van der Waals surface area contributed by atoms with E-state index in [1.54, 1.807) is 0 Å². The Hall–Kier alpha value is -5.08. The zero-order chi connectivity index (χ0) is 31.0. The monoisotopic (exact) mass is 594 g/mol. The smallest absolute Gasteiger partial charge is 0.192 e. The van der Waals surface area contributed by atoms with Gasteiger partial charge in [-0.15, -0.1) is 0 Å². The van der Waals surface area contributed by atoms with Gasteiger partial charge in [0.05, 0.1) is 11.1 Å². The molecule has 0 spiro atoms. The minimum Gasteiger partial charge on any atom is -0.192 e. The lowest BCUT2D eigenvalue weighted by atomic mass is 9.60. The predicted molar refractivity (Wildman–Crippen MR) is 152 cm³/mol. The van der Waals surface area contributed by atoms with Gasteiger partial charge in [-0.2, -0.15) is 36.9 Å². The molecule has 0 fully saturated rings. The Bertz CT molecular complexity index is 1940. The van der Waals surface area contributed by atoms with Gasteiger partial charge in [-0.3, -0.25) is 0 Å². The lowest BCUT2D eigenvalue weighted by Crippen LogP contribution is -2.30. The highest BCUT2D eigenvalue weighted by molar-refractivity contribution is 5.94. The molecule has 5 aliphatic carbocycles. The molecule has 0 bridgehead atoms. The van der Waals surface area contributed by atoms with Gasteiger partial charge >= 0.3 is 12.4 Å². The molecule has 0 heterocycles. The van der Waals surface area contributed by atoms with Crippen molar-refractivity contribution in [3.8, 4) is 12.1 Å². The summed E-state index contributed by atoms with van der Waals surface area (Å²) in [5.41, 5.74) is 5.54. The molecule has 7 rings (SSSR count). The van der Waals surface area contributed by atoms with Crippen molar-refractivity contribution in [2.24, 2.45) is 11.8 Å². The second-order valence-corrected chi connectivity index (χ2v) is 11.2. The quantitative estimate of drug-likeness (QED) is 0.257. The van der Waals surface area contributed by atoms with Crippen LogP contribution in [-0.2, 0) is 12.4 Å². The van der Waals surface area contributed by atoms with Crippen molar-refractivity contribution in [2.75, 3.05) is 0 Å². The van der Waals surface area contributed by atoms with Crippen molar-refractivity contribution in [2.45, 2.75) is 24.7 Å². The standard InChI is InChI=1S/C36H20F6N2/c37-35(38,39)24-13-9-21(10-14-24)30-32(23(17-43)18-44)31(22-11-15-25(16-12-22)36(40,41)42)34-27-6-2-4-20-8-7-19-3-1-5-26(33(30)34)28(19)29(20)27/h1-3,5-16,28,31,34H,4H2. The Morgan fingerprint density at radius 1 is 0.727 bits per heavy atom. The van der Waals surface area contributed by atoms with E-state index in [2.05, 4.69) is 12.2 Å². The maximum Gasteiger partial charge on any atom is 0.416 e. The zero-order valence-corrected chi connectivity index (χ0v) is 22.8. The Balaban J connectivity index is 1.57. The number of benzene rings is 2. The minimum atomic E-state index is -4.57. The number of fused-ring (bicyclic) bond motifs is 3. The molecule has 2 nitrogen and oxygen atoms in total. The molecular formula is C36H20F6N2. The van der Waals surface area contributed by atoms with Gasteiger partial charge in [0.15, 0.2) is 0 Å². The first-order valence-corrected chi connectivity index (χ1v) is 13.9. The van der Waals surface area contributed by atoms with Gasteiger partial charge in [0.25, 0.3) is 0 Å². The third kappa shape index (κ3) is 4.09. The Kier molecular flexibility index (Phi) is 6.13. The van der Waals surface area contributed by atoms with Crippen LogP contribution in [0, 0.1) is 34.5 Å². The topological polar surface area (TPSA) is 47.6 Å². The van der Waals surface area contributed by atoms with Crippen molar-refractivity contribution in [3.05, 3.63) is 158 Å². The van der Waals surface area contributed by atoms with Gasteiger partial charge < -0.3 is 0 Å². The average Bonchev–Trinajstić information content (AvgIpc) is 3.36. The van der Waals surface area contributed by atoms with Crippen LogP contribution in [0.15, 0.2) is 136 Å². The molecule has 216 valence electrons. The highest BCUT2D eigenvalue weighted by Gasteiger charge is 2.51. The number of allylic oxidation sites excluding steroid dienone is 16. The molecule has 2 aromatic rings. The van der Waals surface area contributed by atoms with Crippen LogP contribution >= 0.6 is 0 Å². The van der Waals surface area contributed by atoms with Gasteiger partial charge in [-0.1, -0.05) is 66.8 Å². The van der Waals surface area contributed by atoms with Crippen LogP contribution in [0.2, 0.25) is 0 Å². The maximum atomic E-state index is 13.5. The van der Waals surface area contributed by atoms with Gasteiger partial charge in [-0.05, 0) is 86.4 Å². The summed E-state index contributed by atoms with van der Waals surface area (Å²) in [6.45, 7) is 0. The van der Waals surface area contributed by atoms with E-state index in [4.69, 9.17) is 0 Å². The second kappa shape index (κ2) is 9.72. The molecule has 44 heavy (non-hydrogen) atoms. The summed E-state index contributed by atoms with van der Waals surface area (Å²) < 4.78 is 81.3. The van der Waals surface area contributed by atoms with E-state index in [0.29, 0.717) is 28.7 Å². The molecule has 3 unspecified atom stereocenters. The molecule has 3 atom stereocenters. The number of halogens is 6. The minimum absolute atomic E-state index is 0.157. The molecule has 0 amide bonds. The number of hydrogen-bond donors (Lipinski definition) is 0. The Labute approximate surface area is 248 Å².